The fourth-order valence-corrected chi connectivity index (χ4v) is 3.74. The second-order valence-electron chi connectivity index (χ2n) is 7.98. The molecule has 2 rings (SSSR count). The molecule has 0 radical (unpaired) electrons. The molecule has 3 unspecified atom stereocenters. The lowest BCUT2D eigenvalue weighted by Gasteiger charge is -2.23. The second-order valence-corrected chi connectivity index (χ2v) is 8.34. The normalized spacial score (nSPS) is 13.3. The number of rotatable bonds is 14. The minimum Gasteiger partial charge on any atom is -0.480 e. The Bertz CT molecular complexity index is 1100. The van der Waals surface area contributed by atoms with Crippen LogP contribution in [0.15, 0.2) is 35.5 Å². The molecular formula is C22H32N8O5S. The van der Waals surface area contributed by atoms with Crippen molar-refractivity contribution in [2.75, 3.05) is 18.8 Å². The SMILES string of the molecule is NCC(=O)NC(Cc1c[nH]c2ccccc12)C(=O)NC(CS)C(=O)NC(CCCN=C(N)N)C(=O)O. The van der Waals surface area contributed by atoms with Crippen LogP contribution in [0.2, 0.25) is 0 Å². The van der Waals surface area contributed by atoms with Crippen molar-refractivity contribution >= 4 is 53.2 Å². The van der Waals surface area contributed by atoms with Crippen LogP contribution in [-0.4, -0.2) is 76.7 Å². The summed E-state index contributed by atoms with van der Waals surface area (Å²) in [5, 5.41) is 17.8. The van der Waals surface area contributed by atoms with Gasteiger partial charge >= 0.3 is 5.97 Å². The zero-order chi connectivity index (χ0) is 26.7. The molecule has 196 valence electrons. The molecule has 14 heteroatoms. The Hall–Kier alpha value is -3.78. The topological polar surface area (TPSA) is 231 Å². The highest BCUT2D eigenvalue weighted by Crippen LogP contribution is 2.19. The van der Waals surface area contributed by atoms with E-state index in [1.807, 2.05) is 24.3 Å². The lowest BCUT2D eigenvalue weighted by atomic mass is 10.0. The number of amides is 3. The molecule has 13 nitrogen and oxygen atoms in total. The number of hydrogen-bond acceptors (Lipinski definition) is 7. The van der Waals surface area contributed by atoms with Crippen LogP contribution in [0.5, 0.6) is 0 Å². The summed E-state index contributed by atoms with van der Waals surface area (Å²) in [6.45, 7) is -0.126. The highest BCUT2D eigenvalue weighted by molar-refractivity contribution is 7.80. The van der Waals surface area contributed by atoms with Crippen molar-refractivity contribution in [2.24, 2.45) is 22.2 Å². The smallest absolute Gasteiger partial charge is 0.326 e. The molecule has 2 aromatic rings. The fourth-order valence-electron chi connectivity index (χ4n) is 3.48. The molecule has 1 heterocycles. The van der Waals surface area contributed by atoms with Crippen LogP contribution in [0.4, 0.5) is 0 Å². The first-order valence-corrected chi connectivity index (χ1v) is 11.8. The maximum atomic E-state index is 13.1. The van der Waals surface area contributed by atoms with Crippen molar-refractivity contribution in [2.45, 2.75) is 37.4 Å². The minimum atomic E-state index is -1.25. The van der Waals surface area contributed by atoms with E-state index in [-0.39, 0.29) is 37.6 Å². The number of benzene rings is 1. The Morgan fingerprint density at radius 2 is 1.69 bits per heavy atom. The third-order valence-corrected chi connectivity index (χ3v) is 5.68. The molecule has 0 aliphatic heterocycles. The number of carboxylic acids is 1. The van der Waals surface area contributed by atoms with Crippen LogP contribution in [0, 0.1) is 0 Å². The van der Waals surface area contributed by atoms with Gasteiger partial charge in [-0.25, -0.2) is 4.79 Å². The highest BCUT2D eigenvalue weighted by Gasteiger charge is 2.29. The van der Waals surface area contributed by atoms with Crippen LogP contribution in [0.1, 0.15) is 18.4 Å². The predicted molar refractivity (Wildman–Crippen MR) is 138 cm³/mol. The van der Waals surface area contributed by atoms with Crippen LogP contribution in [0.3, 0.4) is 0 Å². The van der Waals surface area contributed by atoms with Gasteiger partial charge in [-0.15, -0.1) is 0 Å². The second kappa shape index (κ2) is 13.9. The van der Waals surface area contributed by atoms with Crippen LogP contribution < -0.4 is 33.2 Å². The van der Waals surface area contributed by atoms with Crippen molar-refractivity contribution < 1.29 is 24.3 Å². The van der Waals surface area contributed by atoms with E-state index >= 15 is 0 Å². The Morgan fingerprint density at radius 3 is 2.33 bits per heavy atom. The summed E-state index contributed by atoms with van der Waals surface area (Å²) >= 11 is 4.13. The third kappa shape index (κ3) is 8.46. The summed E-state index contributed by atoms with van der Waals surface area (Å²) in [5.41, 5.74) is 17.5. The van der Waals surface area contributed by atoms with E-state index in [1.165, 1.54) is 0 Å². The van der Waals surface area contributed by atoms with E-state index in [9.17, 15) is 24.3 Å². The van der Waals surface area contributed by atoms with Crippen LogP contribution >= 0.6 is 12.6 Å². The van der Waals surface area contributed by atoms with Crippen molar-refractivity contribution in [3.05, 3.63) is 36.0 Å². The molecule has 0 bridgehead atoms. The first kappa shape index (κ1) is 28.5. The Balaban J connectivity index is 2.09. The quantitative estimate of drug-likeness (QED) is 0.0595. The number of guanidine groups is 1. The summed E-state index contributed by atoms with van der Waals surface area (Å²) in [6.07, 6.45) is 2.25. The molecule has 1 aromatic carbocycles. The average molecular weight is 521 g/mol. The van der Waals surface area contributed by atoms with Gasteiger partial charge in [-0.1, -0.05) is 18.2 Å². The molecule has 0 aliphatic carbocycles. The van der Waals surface area contributed by atoms with Gasteiger partial charge in [-0.3, -0.25) is 19.4 Å². The van der Waals surface area contributed by atoms with Crippen molar-refractivity contribution in [1.29, 1.82) is 0 Å². The molecule has 0 saturated heterocycles. The van der Waals surface area contributed by atoms with Gasteiger partial charge in [0.25, 0.3) is 0 Å². The number of thiol groups is 1. The number of hydrogen-bond donors (Lipinski definition) is 9. The number of aromatic nitrogens is 1. The summed E-state index contributed by atoms with van der Waals surface area (Å²) in [5.74, 6) is -3.40. The van der Waals surface area contributed by atoms with Gasteiger partial charge < -0.3 is 43.2 Å². The molecule has 36 heavy (non-hydrogen) atoms. The molecule has 0 aliphatic rings. The van der Waals surface area contributed by atoms with E-state index in [1.54, 1.807) is 6.20 Å². The summed E-state index contributed by atoms with van der Waals surface area (Å²) in [4.78, 5) is 56.3. The summed E-state index contributed by atoms with van der Waals surface area (Å²) in [6, 6.07) is 4.07. The van der Waals surface area contributed by atoms with Crippen LogP contribution in [-0.2, 0) is 25.6 Å². The van der Waals surface area contributed by atoms with E-state index < -0.39 is 41.8 Å². The zero-order valence-corrected chi connectivity index (χ0v) is 20.5. The minimum absolute atomic E-state index is 0.0703. The van der Waals surface area contributed by atoms with E-state index in [0.29, 0.717) is 6.42 Å². The van der Waals surface area contributed by atoms with E-state index in [0.717, 1.165) is 16.5 Å². The Morgan fingerprint density at radius 1 is 1.03 bits per heavy atom. The lowest BCUT2D eigenvalue weighted by Crippen LogP contribution is -2.57. The largest absolute Gasteiger partial charge is 0.480 e. The van der Waals surface area contributed by atoms with Gasteiger partial charge in [-0.2, -0.15) is 12.6 Å². The standard InChI is InChI=1S/C22H32N8O5S/c23-9-18(31)28-16(8-12-10-27-14-5-2-1-4-13(12)14)19(32)30-17(11-36)20(33)29-15(21(34)35)6-3-7-26-22(24)25/h1-2,4-5,10,15-17,27,36H,3,6-9,11,23H2,(H,28,31)(H,29,33)(H,30,32)(H,34,35)(H4,24,25,26). The number of para-hydroxylation sites is 1. The number of aliphatic imine (C=N–C) groups is 1. The van der Waals surface area contributed by atoms with Crippen molar-refractivity contribution in [1.82, 2.24) is 20.9 Å². The number of carbonyl (C=O) groups is 4. The van der Waals surface area contributed by atoms with Gasteiger partial charge in [-0.05, 0) is 24.5 Å². The third-order valence-electron chi connectivity index (χ3n) is 5.31. The molecular weight excluding hydrogens is 488 g/mol. The van der Waals surface area contributed by atoms with Gasteiger partial charge in [0.15, 0.2) is 5.96 Å². The van der Waals surface area contributed by atoms with Crippen LogP contribution in [0.25, 0.3) is 10.9 Å². The number of aliphatic carboxylic acids is 1. The number of H-pyrrole nitrogens is 1. The van der Waals surface area contributed by atoms with Gasteiger partial charge in [0.2, 0.25) is 17.7 Å². The van der Waals surface area contributed by atoms with Crippen molar-refractivity contribution in [3.8, 4) is 0 Å². The Kier molecular flexibility index (Phi) is 11.0. The average Bonchev–Trinajstić information content (AvgIpc) is 3.25. The highest BCUT2D eigenvalue weighted by atomic mass is 32.1. The lowest BCUT2D eigenvalue weighted by molar-refractivity contribution is -0.142. The molecule has 0 saturated carbocycles. The van der Waals surface area contributed by atoms with Gasteiger partial charge in [0.05, 0.1) is 6.54 Å². The number of nitrogens with one attached hydrogen (secondary N) is 4. The summed E-state index contributed by atoms with van der Waals surface area (Å²) in [7, 11) is 0. The van der Waals surface area contributed by atoms with E-state index in [4.69, 9.17) is 17.2 Å². The maximum absolute atomic E-state index is 13.1. The molecule has 1 aromatic heterocycles. The summed E-state index contributed by atoms with van der Waals surface area (Å²) < 4.78 is 0. The number of nitrogens with two attached hydrogens (primary N) is 3. The number of aromatic amines is 1. The first-order valence-electron chi connectivity index (χ1n) is 11.2. The molecule has 3 atom stereocenters. The number of nitrogens with zero attached hydrogens (tertiary/aromatic N) is 1. The van der Waals surface area contributed by atoms with Crippen molar-refractivity contribution in [3.63, 3.8) is 0 Å². The van der Waals surface area contributed by atoms with Gasteiger partial charge in [0, 0.05) is 35.8 Å². The number of carboxylic acid groups (broad SMARTS) is 1. The number of carbonyl (C=O) groups excluding carboxylic acids is 3. The maximum Gasteiger partial charge on any atom is 0.326 e. The molecule has 3 amide bonds. The first-order chi connectivity index (χ1) is 17.2. The number of fused-ring (bicyclic) bond motifs is 1. The Labute approximate surface area is 213 Å². The molecule has 0 spiro atoms. The fraction of sp³-hybridized carbons (Fsp3) is 0.409. The molecule has 0 fully saturated rings. The predicted octanol–water partition coefficient (Wildman–Crippen LogP) is -1.81. The monoisotopic (exact) mass is 520 g/mol. The van der Waals surface area contributed by atoms with Gasteiger partial charge in [0.1, 0.15) is 18.1 Å². The zero-order valence-electron chi connectivity index (χ0n) is 19.6. The molecule has 11 N–H and O–H groups in total. The van der Waals surface area contributed by atoms with E-state index in [2.05, 4.69) is 38.6 Å².